The standard InChI is InChI=1S/C12H11BrN2O2S2/c1-9-2-5-11(18-9)8-14-15-19(16,17)12-6-3-10(13)4-7-12/h2-8,15H,1H3/b14-8-. The number of hydrogen-bond donors (Lipinski definition) is 1. The largest absolute Gasteiger partial charge is 0.276 e. The molecule has 0 saturated carbocycles. The topological polar surface area (TPSA) is 58.5 Å². The zero-order chi connectivity index (χ0) is 13.9. The molecule has 0 aliphatic rings. The summed E-state index contributed by atoms with van der Waals surface area (Å²) in [5, 5.41) is 3.76. The van der Waals surface area contributed by atoms with Crippen LogP contribution in [0.4, 0.5) is 0 Å². The van der Waals surface area contributed by atoms with Gasteiger partial charge < -0.3 is 0 Å². The van der Waals surface area contributed by atoms with E-state index < -0.39 is 10.0 Å². The molecule has 7 heteroatoms. The predicted octanol–water partition coefficient (Wildman–Crippen LogP) is 3.13. The van der Waals surface area contributed by atoms with Crippen LogP contribution in [-0.4, -0.2) is 14.6 Å². The van der Waals surface area contributed by atoms with Crippen molar-refractivity contribution >= 4 is 43.5 Å². The van der Waals surface area contributed by atoms with Gasteiger partial charge in [0.1, 0.15) is 0 Å². The van der Waals surface area contributed by atoms with Crippen LogP contribution < -0.4 is 4.83 Å². The molecule has 0 saturated heterocycles. The zero-order valence-electron chi connectivity index (χ0n) is 10.00. The minimum Gasteiger partial charge on any atom is -0.200 e. The van der Waals surface area contributed by atoms with Crippen LogP contribution in [0.25, 0.3) is 0 Å². The molecule has 19 heavy (non-hydrogen) atoms. The SMILES string of the molecule is Cc1ccc(/C=N\NS(=O)(=O)c2ccc(Br)cc2)s1. The molecule has 2 rings (SSSR count). The molecule has 0 aliphatic carbocycles. The fourth-order valence-corrected chi connectivity index (χ4v) is 3.15. The Morgan fingerprint density at radius 2 is 1.89 bits per heavy atom. The Balaban J connectivity index is 2.09. The Morgan fingerprint density at radius 1 is 1.21 bits per heavy atom. The molecule has 0 atom stereocenters. The lowest BCUT2D eigenvalue weighted by Crippen LogP contribution is -2.18. The summed E-state index contributed by atoms with van der Waals surface area (Å²) in [5.41, 5.74) is 0. The third kappa shape index (κ3) is 3.89. The molecule has 0 bridgehead atoms. The molecule has 0 amide bonds. The maximum Gasteiger partial charge on any atom is 0.276 e. The van der Waals surface area contributed by atoms with Crippen molar-refractivity contribution in [3.05, 3.63) is 50.6 Å². The summed E-state index contributed by atoms with van der Waals surface area (Å²) in [6.45, 7) is 1.98. The molecular formula is C12H11BrN2O2S2. The number of hydrogen-bond acceptors (Lipinski definition) is 4. The van der Waals surface area contributed by atoms with E-state index in [1.807, 2.05) is 19.1 Å². The highest BCUT2D eigenvalue weighted by atomic mass is 79.9. The van der Waals surface area contributed by atoms with E-state index >= 15 is 0 Å². The van der Waals surface area contributed by atoms with Crippen LogP contribution >= 0.6 is 27.3 Å². The molecule has 2 aromatic rings. The number of benzene rings is 1. The average molecular weight is 359 g/mol. The van der Waals surface area contributed by atoms with Crippen LogP contribution in [0.2, 0.25) is 0 Å². The van der Waals surface area contributed by atoms with Crippen molar-refractivity contribution in [2.75, 3.05) is 0 Å². The van der Waals surface area contributed by atoms with E-state index in [0.29, 0.717) is 0 Å². The second kappa shape index (κ2) is 5.85. The first kappa shape index (κ1) is 14.2. The van der Waals surface area contributed by atoms with Crippen molar-refractivity contribution < 1.29 is 8.42 Å². The highest BCUT2D eigenvalue weighted by molar-refractivity contribution is 9.10. The van der Waals surface area contributed by atoms with Crippen LogP contribution in [0.5, 0.6) is 0 Å². The van der Waals surface area contributed by atoms with E-state index in [1.54, 1.807) is 23.5 Å². The summed E-state index contributed by atoms with van der Waals surface area (Å²) >= 11 is 4.80. The van der Waals surface area contributed by atoms with Crippen molar-refractivity contribution in [2.45, 2.75) is 11.8 Å². The van der Waals surface area contributed by atoms with E-state index in [9.17, 15) is 8.42 Å². The smallest absolute Gasteiger partial charge is 0.200 e. The van der Waals surface area contributed by atoms with E-state index in [-0.39, 0.29) is 4.90 Å². The number of rotatable bonds is 4. The summed E-state index contributed by atoms with van der Waals surface area (Å²) in [7, 11) is -3.60. The number of sulfonamides is 1. The van der Waals surface area contributed by atoms with Crippen LogP contribution in [0.1, 0.15) is 9.75 Å². The molecule has 1 aromatic carbocycles. The van der Waals surface area contributed by atoms with Gasteiger partial charge in [-0.05, 0) is 43.3 Å². The molecule has 0 spiro atoms. The molecule has 1 aromatic heterocycles. The van der Waals surface area contributed by atoms with Gasteiger partial charge in [0.05, 0.1) is 11.1 Å². The van der Waals surface area contributed by atoms with Crippen molar-refractivity contribution in [3.8, 4) is 0 Å². The van der Waals surface area contributed by atoms with Gasteiger partial charge in [-0.3, -0.25) is 0 Å². The molecular weight excluding hydrogens is 348 g/mol. The van der Waals surface area contributed by atoms with Crippen molar-refractivity contribution in [3.63, 3.8) is 0 Å². The number of halogens is 1. The lowest BCUT2D eigenvalue weighted by molar-refractivity contribution is 0.584. The fourth-order valence-electron chi connectivity index (χ4n) is 1.35. The lowest BCUT2D eigenvalue weighted by Gasteiger charge is -2.02. The Kier molecular flexibility index (Phi) is 4.38. The third-order valence-corrected chi connectivity index (χ3v) is 4.95. The van der Waals surface area contributed by atoms with Gasteiger partial charge in [-0.1, -0.05) is 15.9 Å². The number of hydrazone groups is 1. The Labute approximate surface area is 124 Å². The average Bonchev–Trinajstić information content (AvgIpc) is 2.75. The van der Waals surface area contributed by atoms with Gasteiger partial charge in [0.25, 0.3) is 10.0 Å². The monoisotopic (exact) mass is 358 g/mol. The normalized spacial score (nSPS) is 11.9. The first-order valence-electron chi connectivity index (χ1n) is 5.34. The van der Waals surface area contributed by atoms with Crippen LogP contribution in [0.3, 0.4) is 0 Å². The van der Waals surface area contributed by atoms with Gasteiger partial charge in [0.2, 0.25) is 0 Å². The number of nitrogens with one attached hydrogen (secondary N) is 1. The second-order valence-corrected chi connectivity index (χ2v) is 7.65. The maximum atomic E-state index is 11.9. The predicted molar refractivity (Wildman–Crippen MR) is 81.1 cm³/mol. The Morgan fingerprint density at radius 3 is 2.47 bits per heavy atom. The number of nitrogens with zero attached hydrogens (tertiary/aromatic N) is 1. The lowest BCUT2D eigenvalue weighted by atomic mass is 10.4. The number of thiophene rings is 1. The number of aryl methyl sites for hydroxylation is 1. The molecule has 1 heterocycles. The van der Waals surface area contributed by atoms with Gasteiger partial charge in [0.15, 0.2) is 0 Å². The van der Waals surface area contributed by atoms with Gasteiger partial charge in [-0.2, -0.15) is 13.5 Å². The highest BCUT2D eigenvalue weighted by Gasteiger charge is 2.11. The minimum atomic E-state index is -3.60. The highest BCUT2D eigenvalue weighted by Crippen LogP contribution is 2.15. The second-order valence-electron chi connectivity index (χ2n) is 3.76. The first-order valence-corrected chi connectivity index (χ1v) is 8.43. The molecule has 1 N–H and O–H groups in total. The fraction of sp³-hybridized carbons (Fsp3) is 0.0833. The van der Waals surface area contributed by atoms with Crippen molar-refractivity contribution in [1.29, 1.82) is 0 Å². The molecule has 100 valence electrons. The van der Waals surface area contributed by atoms with Gasteiger partial charge in [-0.25, -0.2) is 4.83 Å². The molecule has 4 nitrogen and oxygen atoms in total. The summed E-state index contributed by atoms with van der Waals surface area (Å²) in [4.78, 5) is 4.41. The summed E-state index contributed by atoms with van der Waals surface area (Å²) in [6, 6.07) is 10.2. The minimum absolute atomic E-state index is 0.176. The zero-order valence-corrected chi connectivity index (χ0v) is 13.2. The van der Waals surface area contributed by atoms with Gasteiger partial charge in [-0.15, -0.1) is 11.3 Å². The first-order chi connectivity index (χ1) is 8.97. The van der Waals surface area contributed by atoms with Gasteiger partial charge >= 0.3 is 0 Å². The quantitative estimate of drug-likeness (QED) is 0.674. The summed E-state index contributed by atoms with van der Waals surface area (Å²) < 4.78 is 24.6. The molecule has 0 aliphatic heterocycles. The summed E-state index contributed by atoms with van der Waals surface area (Å²) in [6.07, 6.45) is 1.49. The van der Waals surface area contributed by atoms with E-state index in [4.69, 9.17) is 0 Å². The van der Waals surface area contributed by atoms with E-state index in [1.165, 1.54) is 18.3 Å². The van der Waals surface area contributed by atoms with Crippen LogP contribution in [0.15, 0.2) is 50.9 Å². The van der Waals surface area contributed by atoms with Crippen LogP contribution in [0, 0.1) is 6.92 Å². The molecule has 0 fully saturated rings. The van der Waals surface area contributed by atoms with Crippen LogP contribution in [-0.2, 0) is 10.0 Å². The maximum absolute atomic E-state index is 11.9. The van der Waals surface area contributed by atoms with E-state index in [0.717, 1.165) is 14.2 Å². The Hall–Kier alpha value is -1.18. The van der Waals surface area contributed by atoms with Crippen molar-refractivity contribution in [2.24, 2.45) is 5.10 Å². The summed E-state index contributed by atoms with van der Waals surface area (Å²) in [5.74, 6) is 0. The van der Waals surface area contributed by atoms with Gasteiger partial charge in [0, 0.05) is 14.2 Å². The van der Waals surface area contributed by atoms with Crippen molar-refractivity contribution in [1.82, 2.24) is 4.83 Å². The molecule has 0 unspecified atom stereocenters. The Bertz CT molecular complexity index is 691. The molecule has 0 radical (unpaired) electrons. The third-order valence-electron chi connectivity index (χ3n) is 2.25. The van der Waals surface area contributed by atoms with E-state index in [2.05, 4.69) is 25.9 Å².